The van der Waals surface area contributed by atoms with Gasteiger partial charge in [0.2, 0.25) is 5.91 Å². The van der Waals surface area contributed by atoms with Crippen molar-refractivity contribution in [2.75, 3.05) is 6.54 Å². The fourth-order valence-corrected chi connectivity index (χ4v) is 4.14. The topological polar surface area (TPSA) is 33.2 Å². The molecule has 1 aromatic heterocycles. The molecule has 1 aliphatic carbocycles. The predicted molar refractivity (Wildman–Crippen MR) is 94.6 cm³/mol. The molecule has 2 aliphatic rings. The van der Waals surface area contributed by atoms with Gasteiger partial charge < -0.3 is 4.90 Å². The lowest BCUT2D eigenvalue weighted by Crippen LogP contribution is -2.41. The fourth-order valence-electron chi connectivity index (χ4n) is 4.14. The van der Waals surface area contributed by atoms with Crippen molar-refractivity contribution in [1.29, 1.82) is 0 Å². The largest absolute Gasteiger partial charge is 0.335 e. The average molecular weight is 320 g/mol. The lowest BCUT2D eigenvalue weighted by molar-refractivity contribution is -0.135. The fraction of sp³-hybridized carbons (Fsp3) is 0.429. The van der Waals surface area contributed by atoms with Gasteiger partial charge in [0.25, 0.3) is 0 Å². The number of carbonyl (C=O) groups excluding carboxylic acids is 1. The molecule has 0 bridgehead atoms. The highest BCUT2D eigenvalue weighted by molar-refractivity contribution is 5.83. The van der Waals surface area contributed by atoms with Crippen LogP contribution in [0.3, 0.4) is 0 Å². The normalized spacial score (nSPS) is 25.2. The van der Waals surface area contributed by atoms with Crippen molar-refractivity contribution >= 4 is 5.91 Å². The molecule has 3 nitrogen and oxygen atoms in total. The molecule has 2 aromatic rings. The molecule has 3 atom stereocenters. The highest BCUT2D eigenvalue weighted by Crippen LogP contribution is 2.49. The number of nitrogens with zero attached hydrogens (tertiary/aromatic N) is 2. The van der Waals surface area contributed by atoms with E-state index in [0.29, 0.717) is 11.8 Å². The Balaban J connectivity index is 1.54. The number of hydrogen-bond donors (Lipinski definition) is 0. The molecule has 0 radical (unpaired) electrons. The molecule has 0 N–H and O–H groups in total. The number of amides is 1. The van der Waals surface area contributed by atoms with E-state index >= 15 is 0 Å². The summed E-state index contributed by atoms with van der Waals surface area (Å²) in [6.45, 7) is 3.06. The molecule has 1 saturated carbocycles. The number of benzene rings is 1. The Labute approximate surface area is 143 Å². The molecule has 0 saturated heterocycles. The van der Waals surface area contributed by atoms with E-state index in [1.807, 2.05) is 12.3 Å². The third kappa shape index (κ3) is 2.72. The SMILES string of the molecule is CCC[C@@H]1c2ccccc2CCN1C(=O)[C@@H]1C[C@H]1c1cccnc1. The molecule has 1 fully saturated rings. The van der Waals surface area contributed by atoms with Gasteiger partial charge in [0.05, 0.1) is 6.04 Å². The molecule has 0 spiro atoms. The smallest absolute Gasteiger partial charge is 0.226 e. The first-order chi connectivity index (χ1) is 11.8. The summed E-state index contributed by atoms with van der Waals surface area (Å²) in [5.41, 5.74) is 3.98. The second kappa shape index (κ2) is 6.39. The van der Waals surface area contributed by atoms with Crippen LogP contribution in [-0.4, -0.2) is 22.3 Å². The second-order valence-electron chi connectivity index (χ2n) is 7.02. The summed E-state index contributed by atoms with van der Waals surface area (Å²) in [6, 6.07) is 13.0. The number of rotatable bonds is 4. The van der Waals surface area contributed by atoms with Crippen molar-refractivity contribution in [3.8, 4) is 0 Å². The van der Waals surface area contributed by atoms with Gasteiger partial charge >= 0.3 is 0 Å². The van der Waals surface area contributed by atoms with Crippen LogP contribution in [0.25, 0.3) is 0 Å². The molecule has 4 rings (SSSR count). The molecule has 124 valence electrons. The molecule has 1 aliphatic heterocycles. The second-order valence-corrected chi connectivity index (χ2v) is 7.02. The average Bonchev–Trinajstić information content (AvgIpc) is 3.43. The summed E-state index contributed by atoms with van der Waals surface area (Å²) >= 11 is 0. The Bertz CT molecular complexity index is 728. The van der Waals surface area contributed by atoms with Crippen LogP contribution in [0.15, 0.2) is 48.8 Å². The van der Waals surface area contributed by atoms with E-state index in [1.54, 1.807) is 6.20 Å². The van der Waals surface area contributed by atoms with E-state index < -0.39 is 0 Å². The Hall–Kier alpha value is -2.16. The molecule has 2 heterocycles. The number of carbonyl (C=O) groups is 1. The van der Waals surface area contributed by atoms with Crippen LogP contribution in [0.2, 0.25) is 0 Å². The van der Waals surface area contributed by atoms with Crippen molar-refractivity contribution in [3.63, 3.8) is 0 Å². The minimum atomic E-state index is 0.152. The summed E-state index contributed by atoms with van der Waals surface area (Å²) in [6.07, 6.45) is 7.80. The quantitative estimate of drug-likeness (QED) is 0.849. The number of pyridine rings is 1. The Morgan fingerprint density at radius 1 is 1.25 bits per heavy atom. The van der Waals surface area contributed by atoms with E-state index in [1.165, 1.54) is 16.7 Å². The summed E-state index contributed by atoms with van der Waals surface area (Å²) < 4.78 is 0. The van der Waals surface area contributed by atoms with Gasteiger partial charge in [-0.15, -0.1) is 0 Å². The maximum absolute atomic E-state index is 13.1. The Kier molecular flexibility index (Phi) is 4.09. The molecule has 1 amide bonds. The first-order valence-corrected chi connectivity index (χ1v) is 9.07. The Morgan fingerprint density at radius 2 is 2.12 bits per heavy atom. The predicted octanol–water partition coefficient (Wildman–Crippen LogP) is 4.11. The van der Waals surface area contributed by atoms with Crippen LogP contribution >= 0.6 is 0 Å². The van der Waals surface area contributed by atoms with E-state index in [4.69, 9.17) is 0 Å². The van der Waals surface area contributed by atoms with Gasteiger partial charge in [-0.2, -0.15) is 0 Å². The zero-order valence-corrected chi connectivity index (χ0v) is 14.2. The van der Waals surface area contributed by atoms with Gasteiger partial charge in [-0.1, -0.05) is 43.7 Å². The minimum absolute atomic E-state index is 0.152. The molecule has 3 heteroatoms. The molecular formula is C21H24N2O. The van der Waals surface area contributed by atoms with E-state index in [2.05, 4.69) is 47.1 Å². The maximum Gasteiger partial charge on any atom is 0.226 e. The first-order valence-electron chi connectivity index (χ1n) is 9.07. The lowest BCUT2D eigenvalue weighted by atomic mass is 9.89. The monoisotopic (exact) mass is 320 g/mol. The van der Waals surface area contributed by atoms with Crippen LogP contribution in [0.4, 0.5) is 0 Å². The van der Waals surface area contributed by atoms with Crippen LogP contribution in [0.5, 0.6) is 0 Å². The van der Waals surface area contributed by atoms with Crippen LogP contribution in [-0.2, 0) is 11.2 Å². The van der Waals surface area contributed by atoms with Crippen molar-refractivity contribution in [2.24, 2.45) is 5.92 Å². The third-order valence-electron chi connectivity index (χ3n) is 5.48. The summed E-state index contributed by atoms with van der Waals surface area (Å²) in [4.78, 5) is 19.5. The highest BCUT2D eigenvalue weighted by atomic mass is 16.2. The number of hydrogen-bond acceptors (Lipinski definition) is 2. The van der Waals surface area contributed by atoms with Crippen LogP contribution in [0, 0.1) is 5.92 Å². The van der Waals surface area contributed by atoms with E-state index in [0.717, 1.165) is 32.2 Å². The van der Waals surface area contributed by atoms with Gasteiger partial charge in [-0.3, -0.25) is 9.78 Å². The molecular weight excluding hydrogens is 296 g/mol. The van der Waals surface area contributed by atoms with Gasteiger partial charge in [-0.25, -0.2) is 0 Å². The molecule has 24 heavy (non-hydrogen) atoms. The van der Waals surface area contributed by atoms with Gasteiger partial charge in [0.15, 0.2) is 0 Å². The standard InChI is InChI=1S/C21H24N2O/c1-2-6-20-17-9-4-3-7-15(17)10-12-23(20)21(24)19-13-18(19)16-8-5-11-22-14-16/h3-5,7-9,11,14,18-20H,2,6,10,12-13H2,1H3/t18-,19+,20+/m0/s1. The number of aromatic nitrogens is 1. The van der Waals surface area contributed by atoms with Crippen LogP contribution in [0.1, 0.15) is 54.8 Å². The van der Waals surface area contributed by atoms with Crippen molar-refractivity contribution in [1.82, 2.24) is 9.88 Å². The van der Waals surface area contributed by atoms with Gasteiger partial charge in [0.1, 0.15) is 0 Å². The lowest BCUT2D eigenvalue weighted by Gasteiger charge is -2.37. The molecule has 1 aromatic carbocycles. The van der Waals surface area contributed by atoms with Gasteiger partial charge in [0, 0.05) is 24.9 Å². The van der Waals surface area contributed by atoms with Crippen molar-refractivity contribution in [2.45, 2.75) is 44.6 Å². The van der Waals surface area contributed by atoms with E-state index in [9.17, 15) is 4.79 Å². The van der Waals surface area contributed by atoms with Crippen molar-refractivity contribution < 1.29 is 4.79 Å². The summed E-state index contributed by atoms with van der Waals surface area (Å²) in [5.74, 6) is 0.862. The first kappa shape index (κ1) is 15.4. The maximum atomic E-state index is 13.1. The van der Waals surface area contributed by atoms with Crippen molar-refractivity contribution in [3.05, 3.63) is 65.5 Å². The van der Waals surface area contributed by atoms with E-state index in [-0.39, 0.29) is 12.0 Å². The molecule has 0 unspecified atom stereocenters. The zero-order chi connectivity index (χ0) is 16.5. The summed E-state index contributed by atoms with van der Waals surface area (Å²) in [7, 11) is 0. The highest BCUT2D eigenvalue weighted by Gasteiger charge is 2.47. The summed E-state index contributed by atoms with van der Waals surface area (Å²) in [5, 5.41) is 0. The minimum Gasteiger partial charge on any atom is -0.335 e. The third-order valence-corrected chi connectivity index (χ3v) is 5.48. The Morgan fingerprint density at radius 3 is 2.92 bits per heavy atom. The number of fused-ring (bicyclic) bond motifs is 1. The zero-order valence-electron chi connectivity index (χ0n) is 14.2. The van der Waals surface area contributed by atoms with Crippen LogP contribution < -0.4 is 0 Å². The van der Waals surface area contributed by atoms with Gasteiger partial charge in [-0.05, 0) is 47.9 Å².